The molecular formula is C10H14N4O2. The van der Waals surface area contributed by atoms with Crippen LogP contribution in [0.2, 0.25) is 0 Å². The van der Waals surface area contributed by atoms with E-state index >= 15 is 0 Å². The van der Waals surface area contributed by atoms with E-state index in [0.717, 1.165) is 11.1 Å². The van der Waals surface area contributed by atoms with Crippen LogP contribution in [0.15, 0.2) is 18.5 Å². The third kappa shape index (κ3) is 4.05. The fourth-order valence-electron chi connectivity index (χ4n) is 1.19. The zero-order chi connectivity index (χ0) is 12.0. The molecule has 4 N–H and O–H groups in total. The van der Waals surface area contributed by atoms with E-state index in [1.54, 1.807) is 12.4 Å². The standard InChI is InChI=1S/C10H14N4O2/c1-7-4-12-3-2-8(7)5-13-6-9(15)14-10(11)16/h2-4,13H,5-6H2,1H3,(H3,11,14,15,16). The molecule has 0 bridgehead atoms. The molecule has 6 heteroatoms. The predicted molar refractivity (Wildman–Crippen MR) is 58.4 cm³/mol. The van der Waals surface area contributed by atoms with Gasteiger partial charge in [-0.15, -0.1) is 0 Å². The van der Waals surface area contributed by atoms with Crippen molar-refractivity contribution in [3.8, 4) is 0 Å². The van der Waals surface area contributed by atoms with E-state index in [4.69, 9.17) is 5.73 Å². The van der Waals surface area contributed by atoms with Crippen molar-refractivity contribution in [2.24, 2.45) is 5.73 Å². The molecule has 3 amide bonds. The van der Waals surface area contributed by atoms with Crippen LogP contribution in [0.3, 0.4) is 0 Å². The van der Waals surface area contributed by atoms with E-state index in [9.17, 15) is 9.59 Å². The smallest absolute Gasteiger partial charge is 0.318 e. The van der Waals surface area contributed by atoms with E-state index in [1.165, 1.54) is 0 Å². The number of carbonyl (C=O) groups is 2. The molecule has 86 valence electrons. The van der Waals surface area contributed by atoms with Gasteiger partial charge < -0.3 is 11.1 Å². The maximum absolute atomic E-state index is 11.0. The maximum atomic E-state index is 11.0. The Labute approximate surface area is 93.2 Å². The van der Waals surface area contributed by atoms with Gasteiger partial charge >= 0.3 is 6.03 Å². The Hall–Kier alpha value is -1.95. The summed E-state index contributed by atoms with van der Waals surface area (Å²) in [6.45, 7) is 2.53. The second-order valence-corrected chi connectivity index (χ2v) is 3.32. The molecule has 0 spiro atoms. The molecule has 0 fully saturated rings. The molecule has 0 unspecified atom stereocenters. The monoisotopic (exact) mass is 222 g/mol. The summed E-state index contributed by atoms with van der Waals surface area (Å²) in [7, 11) is 0. The van der Waals surface area contributed by atoms with Gasteiger partial charge in [0.05, 0.1) is 6.54 Å². The van der Waals surface area contributed by atoms with Crippen molar-refractivity contribution in [1.29, 1.82) is 0 Å². The van der Waals surface area contributed by atoms with Gasteiger partial charge in [0, 0.05) is 18.9 Å². The third-order valence-corrected chi connectivity index (χ3v) is 2.00. The minimum absolute atomic E-state index is 0.0463. The van der Waals surface area contributed by atoms with Crippen molar-refractivity contribution < 1.29 is 9.59 Å². The number of urea groups is 1. The predicted octanol–water partition coefficient (Wildman–Crippen LogP) is -0.325. The lowest BCUT2D eigenvalue weighted by atomic mass is 10.1. The summed E-state index contributed by atoms with van der Waals surface area (Å²) in [6.07, 6.45) is 3.44. The van der Waals surface area contributed by atoms with Crippen LogP contribution in [0.5, 0.6) is 0 Å². The molecule has 0 aromatic carbocycles. The van der Waals surface area contributed by atoms with Crippen LogP contribution >= 0.6 is 0 Å². The topological polar surface area (TPSA) is 97.1 Å². The zero-order valence-electron chi connectivity index (χ0n) is 8.99. The fourth-order valence-corrected chi connectivity index (χ4v) is 1.19. The van der Waals surface area contributed by atoms with Gasteiger partial charge in [-0.05, 0) is 24.1 Å². The fraction of sp³-hybridized carbons (Fsp3) is 0.300. The molecule has 1 rings (SSSR count). The molecule has 0 saturated heterocycles. The number of nitrogens with zero attached hydrogens (tertiary/aromatic N) is 1. The Morgan fingerprint density at radius 2 is 2.25 bits per heavy atom. The number of hydrogen-bond donors (Lipinski definition) is 3. The van der Waals surface area contributed by atoms with Crippen molar-refractivity contribution in [2.45, 2.75) is 13.5 Å². The van der Waals surface area contributed by atoms with Crippen LogP contribution in [0.25, 0.3) is 0 Å². The Bertz CT molecular complexity index is 392. The van der Waals surface area contributed by atoms with Crippen LogP contribution in [0.1, 0.15) is 11.1 Å². The summed E-state index contributed by atoms with van der Waals surface area (Å²) in [4.78, 5) is 25.4. The van der Waals surface area contributed by atoms with Crippen molar-refractivity contribution >= 4 is 11.9 Å². The van der Waals surface area contributed by atoms with Crippen molar-refractivity contribution in [3.63, 3.8) is 0 Å². The highest BCUT2D eigenvalue weighted by atomic mass is 16.2. The van der Waals surface area contributed by atoms with Crippen molar-refractivity contribution in [1.82, 2.24) is 15.6 Å². The summed E-state index contributed by atoms with van der Waals surface area (Å²) in [5.74, 6) is -0.445. The lowest BCUT2D eigenvalue weighted by molar-refractivity contribution is -0.119. The Kier molecular flexibility index (Phi) is 4.41. The Morgan fingerprint density at radius 1 is 1.50 bits per heavy atom. The highest BCUT2D eigenvalue weighted by Gasteiger charge is 2.03. The van der Waals surface area contributed by atoms with Crippen LogP contribution in [-0.4, -0.2) is 23.5 Å². The summed E-state index contributed by atoms with van der Waals surface area (Å²) >= 11 is 0. The highest BCUT2D eigenvalue weighted by Crippen LogP contribution is 2.03. The summed E-state index contributed by atoms with van der Waals surface area (Å²) < 4.78 is 0. The molecule has 0 atom stereocenters. The van der Waals surface area contributed by atoms with Gasteiger partial charge in [0.25, 0.3) is 0 Å². The number of primary amides is 1. The molecule has 1 aromatic rings. The molecule has 0 saturated carbocycles. The van der Waals surface area contributed by atoms with Crippen molar-refractivity contribution in [2.75, 3.05) is 6.54 Å². The molecule has 0 aliphatic rings. The number of rotatable bonds is 4. The number of pyridine rings is 1. The van der Waals surface area contributed by atoms with Gasteiger partial charge in [-0.25, -0.2) is 4.79 Å². The lowest BCUT2D eigenvalue weighted by Crippen LogP contribution is -2.40. The van der Waals surface area contributed by atoms with Crippen LogP contribution in [-0.2, 0) is 11.3 Å². The first-order chi connectivity index (χ1) is 7.59. The second-order valence-electron chi connectivity index (χ2n) is 3.32. The Balaban J connectivity index is 2.33. The van der Waals surface area contributed by atoms with Gasteiger partial charge in [-0.1, -0.05) is 0 Å². The maximum Gasteiger partial charge on any atom is 0.318 e. The minimum Gasteiger partial charge on any atom is -0.351 e. The SMILES string of the molecule is Cc1cnccc1CNCC(=O)NC(N)=O. The number of nitrogens with two attached hydrogens (primary N) is 1. The lowest BCUT2D eigenvalue weighted by Gasteiger charge is -2.06. The summed E-state index contributed by atoms with van der Waals surface area (Å²) in [6, 6.07) is 1.03. The summed E-state index contributed by atoms with van der Waals surface area (Å²) in [5, 5.41) is 4.87. The number of imide groups is 1. The van der Waals surface area contributed by atoms with Crippen LogP contribution in [0, 0.1) is 6.92 Å². The van der Waals surface area contributed by atoms with Gasteiger partial charge in [0.15, 0.2) is 0 Å². The molecule has 1 heterocycles. The molecule has 0 aliphatic heterocycles. The molecule has 1 aromatic heterocycles. The van der Waals surface area contributed by atoms with Gasteiger partial charge in [0.1, 0.15) is 0 Å². The average molecular weight is 222 g/mol. The van der Waals surface area contributed by atoms with Gasteiger partial charge in [-0.3, -0.25) is 15.1 Å². The number of nitrogens with one attached hydrogen (secondary N) is 2. The first kappa shape index (κ1) is 12.1. The van der Waals surface area contributed by atoms with Crippen LogP contribution in [0.4, 0.5) is 4.79 Å². The van der Waals surface area contributed by atoms with Crippen molar-refractivity contribution in [3.05, 3.63) is 29.6 Å². The number of carbonyl (C=O) groups excluding carboxylic acids is 2. The highest BCUT2D eigenvalue weighted by molar-refractivity contribution is 5.94. The van der Waals surface area contributed by atoms with E-state index in [0.29, 0.717) is 6.54 Å². The molecule has 6 nitrogen and oxygen atoms in total. The van der Waals surface area contributed by atoms with E-state index in [2.05, 4.69) is 10.3 Å². The average Bonchev–Trinajstić information content (AvgIpc) is 2.19. The molecule has 16 heavy (non-hydrogen) atoms. The summed E-state index contributed by atoms with van der Waals surface area (Å²) in [5.41, 5.74) is 6.90. The van der Waals surface area contributed by atoms with E-state index < -0.39 is 11.9 Å². The zero-order valence-corrected chi connectivity index (χ0v) is 8.99. The quantitative estimate of drug-likeness (QED) is 0.650. The van der Waals surface area contributed by atoms with Crippen LogP contribution < -0.4 is 16.4 Å². The number of aryl methyl sites for hydroxylation is 1. The minimum atomic E-state index is -0.841. The van der Waals surface area contributed by atoms with Gasteiger partial charge in [-0.2, -0.15) is 0 Å². The number of hydrogen-bond acceptors (Lipinski definition) is 4. The third-order valence-electron chi connectivity index (χ3n) is 2.00. The first-order valence-electron chi connectivity index (χ1n) is 4.79. The van der Waals surface area contributed by atoms with E-state index in [1.807, 2.05) is 18.3 Å². The largest absolute Gasteiger partial charge is 0.351 e. The number of amides is 3. The molecule has 0 aliphatic carbocycles. The normalized spacial score (nSPS) is 9.81. The van der Waals surface area contributed by atoms with Gasteiger partial charge in [0.2, 0.25) is 5.91 Å². The molecule has 0 radical (unpaired) electrons. The number of aromatic nitrogens is 1. The Morgan fingerprint density at radius 3 is 2.88 bits per heavy atom. The molecular weight excluding hydrogens is 208 g/mol. The van der Waals surface area contributed by atoms with E-state index in [-0.39, 0.29) is 6.54 Å². The first-order valence-corrected chi connectivity index (χ1v) is 4.79. The second kappa shape index (κ2) is 5.82.